The zero-order chi connectivity index (χ0) is 29.2. The second kappa shape index (κ2) is 14.7. The van der Waals surface area contributed by atoms with Crippen molar-refractivity contribution in [3.63, 3.8) is 0 Å². The monoisotopic (exact) mass is 578 g/mol. The normalized spacial score (nSPS) is 14.1. The first-order valence-corrected chi connectivity index (χ1v) is 15.1. The van der Waals surface area contributed by atoms with E-state index in [0.717, 1.165) is 42.5 Å². The molecule has 0 bridgehead atoms. The number of hydrogen-bond donors (Lipinski definition) is 2. The van der Waals surface area contributed by atoms with E-state index in [1.54, 1.807) is 42.5 Å². The van der Waals surface area contributed by atoms with Crippen LogP contribution in [-0.4, -0.2) is 44.1 Å². The van der Waals surface area contributed by atoms with E-state index in [1.807, 2.05) is 19.9 Å². The molecule has 0 saturated carbocycles. The van der Waals surface area contributed by atoms with Crippen LogP contribution in [0.3, 0.4) is 0 Å². The van der Waals surface area contributed by atoms with Crippen LogP contribution in [0.2, 0.25) is 0 Å². The highest BCUT2D eigenvalue weighted by atomic mass is 32.1. The van der Waals surface area contributed by atoms with Crippen LogP contribution in [0, 0.1) is 5.92 Å². The van der Waals surface area contributed by atoms with E-state index in [0.29, 0.717) is 52.3 Å². The Hall–Kier alpha value is -3.85. The number of amides is 2. The minimum Gasteiger partial charge on any atom is -0.494 e. The van der Waals surface area contributed by atoms with Crippen molar-refractivity contribution >= 4 is 34.1 Å². The molecule has 218 valence electrons. The van der Waals surface area contributed by atoms with Gasteiger partial charge in [-0.3, -0.25) is 9.59 Å². The van der Waals surface area contributed by atoms with Gasteiger partial charge < -0.3 is 24.8 Å². The highest BCUT2D eigenvalue weighted by Gasteiger charge is 2.28. The molecule has 2 aromatic carbocycles. The lowest BCUT2D eigenvalue weighted by molar-refractivity contribution is 0.0502. The molecule has 0 spiro atoms. The second-order valence-corrected chi connectivity index (χ2v) is 11.3. The SMILES string of the molecule is CCCOc1cccc(C(=O)Nc2sc3c(c2C(=O)NCCOC(=O)c2cccc(OCCC)c2)CCC(C)C3)c1. The molecule has 0 saturated heterocycles. The van der Waals surface area contributed by atoms with Crippen molar-refractivity contribution in [3.8, 4) is 11.5 Å². The number of anilines is 1. The van der Waals surface area contributed by atoms with Crippen LogP contribution >= 0.6 is 11.3 Å². The maximum atomic E-state index is 13.4. The van der Waals surface area contributed by atoms with Crippen LogP contribution in [0.15, 0.2) is 48.5 Å². The highest BCUT2D eigenvalue weighted by Crippen LogP contribution is 2.40. The fourth-order valence-electron chi connectivity index (χ4n) is 4.61. The third-order valence-electron chi connectivity index (χ3n) is 6.70. The minimum absolute atomic E-state index is 0.0141. The Morgan fingerprint density at radius 1 is 0.902 bits per heavy atom. The average molecular weight is 579 g/mol. The third-order valence-corrected chi connectivity index (χ3v) is 7.87. The van der Waals surface area contributed by atoms with Crippen LogP contribution < -0.4 is 20.1 Å². The van der Waals surface area contributed by atoms with E-state index in [-0.39, 0.29) is 25.0 Å². The van der Waals surface area contributed by atoms with Gasteiger partial charge in [-0.05, 0) is 80.0 Å². The van der Waals surface area contributed by atoms with Crippen molar-refractivity contribution in [2.45, 2.75) is 52.9 Å². The number of esters is 1. The summed E-state index contributed by atoms with van der Waals surface area (Å²) >= 11 is 1.46. The summed E-state index contributed by atoms with van der Waals surface area (Å²) in [5.41, 5.74) is 2.33. The predicted octanol–water partition coefficient (Wildman–Crippen LogP) is 6.29. The lowest BCUT2D eigenvalue weighted by Gasteiger charge is -2.18. The molecule has 0 radical (unpaired) electrons. The van der Waals surface area contributed by atoms with Crippen LogP contribution in [-0.2, 0) is 17.6 Å². The zero-order valence-electron chi connectivity index (χ0n) is 23.9. The summed E-state index contributed by atoms with van der Waals surface area (Å²) < 4.78 is 16.6. The van der Waals surface area contributed by atoms with Crippen LogP contribution in [0.4, 0.5) is 5.00 Å². The van der Waals surface area contributed by atoms with Gasteiger partial charge in [-0.15, -0.1) is 11.3 Å². The van der Waals surface area contributed by atoms with Crippen LogP contribution in [0.25, 0.3) is 0 Å². The van der Waals surface area contributed by atoms with Gasteiger partial charge in [0.15, 0.2) is 0 Å². The summed E-state index contributed by atoms with van der Waals surface area (Å²) in [7, 11) is 0. The topological polar surface area (TPSA) is 103 Å². The summed E-state index contributed by atoms with van der Waals surface area (Å²) in [5.74, 6) is 0.678. The molecule has 41 heavy (non-hydrogen) atoms. The molecule has 8 nitrogen and oxygen atoms in total. The van der Waals surface area contributed by atoms with E-state index >= 15 is 0 Å². The summed E-state index contributed by atoms with van der Waals surface area (Å²) in [6.45, 7) is 7.52. The number of benzene rings is 2. The molecule has 1 aromatic heterocycles. The molecule has 0 aliphatic heterocycles. The summed E-state index contributed by atoms with van der Waals surface area (Å²) in [5, 5.41) is 6.39. The Labute approximate surface area is 245 Å². The largest absolute Gasteiger partial charge is 0.494 e. The predicted molar refractivity (Wildman–Crippen MR) is 161 cm³/mol. The number of nitrogens with one attached hydrogen (secondary N) is 2. The molecule has 1 unspecified atom stereocenters. The molecule has 2 amide bonds. The quantitative estimate of drug-likeness (QED) is 0.183. The van der Waals surface area contributed by atoms with Gasteiger partial charge in [0.25, 0.3) is 11.8 Å². The smallest absolute Gasteiger partial charge is 0.338 e. The Balaban J connectivity index is 1.41. The second-order valence-electron chi connectivity index (χ2n) is 10.2. The van der Waals surface area contributed by atoms with Gasteiger partial charge in [-0.25, -0.2) is 4.79 Å². The van der Waals surface area contributed by atoms with Crippen LogP contribution in [0.1, 0.15) is 81.5 Å². The van der Waals surface area contributed by atoms with Crippen molar-refractivity contribution < 1.29 is 28.6 Å². The standard InChI is InChI=1S/C32H38N2O6S/c1-4-15-38-24-10-6-8-22(19-24)29(35)34-31-28(26-13-12-21(3)18-27(26)41-31)30(36)33-14-17-40-32(37)23-9-7-11-25(20-23)39-16-5-2/h6-11,19-21H,4-5,12-18H2,1-3H3,(H,33,36)(H,34,35). The molecular formula is C32H38N2O6S. The van der Waals surface area contributed by atoms with Crippen molar-refractivity contribution in [1.82, 2.24) is 5.32 Å². The Morgan fingerprint density at radius 3 is 2.24 bits per heavy atom. The lowest BCUT2D eigenvalue weighted by Crippen LogP contribution is -2.30. The number of rotatable bonds is 13. The molecule has 2 N–H and O–H groups in total. The number of carbonyl (C=O) groups is 3. The van der Waals surface area contributed by atoms with Gasteiger partial charge in [-0.1, -0.05) is 32.9 Å². The fraction of sp³-hybridized carbons (Fsp3) is 0.406. The number of carbonyl (C=O) groups excluding carboxylic acids is 3. The van der Waals surface area contributed by atoms with Gasteiger partial charge in [0.1, 0.15) is 23.1 Å². The van der Waals surface area contributed by atoms with Gasteiger partial charge >= 0.3 is 5.97 Å². The summed E-state index contributed by atoms with van der Waals surface area (Å²) in [6, 6.07) is 13.9. The first-order valence-electron chi connectivity index (χ1n) is 14.3. The Bertz CT molecular complexity index is 1370. The average Bonchev–Trinajstić information content (AvgIpc) is 3.33. The molecule has 1 atom stereocenters. The molecule has 1 heterocycles. The van der Waals surface area contributed by atoms with Crippen LogP contribution in [0.5, 0.6) is 11.5 Å². The zero-order valence-corrected chi connectivity index (χ0v) is 24.7. The Kier molecular flexibility index (Phi) is 10.8. The molecule has 1 aliphatic rings. The van der Waals surface area contributed by atoms with E-state index in [4.69, 9.17) is 14.2 Å². The van der Waals surface area contributed by atoms with Crippen molar-refractivity contribution in [1.29, 1.82) is 0 Å². The first-order chi connectivity index (χ1) is 19.9. The van der Waals surface area contributed by atoms with Crippen molar-refractivity contribution in [3.05, 3.63) is 75.7 Å². The van der Waals surface area contributed by atoms with Gasteiger partial charge in [0.2, 0.25) is 0 Å². The molecule has 1 aliphatic carbocycles. The molecular weight excluding hydrogens is 540 g/mol. The number of ether oxygens (including phenoxy) is 3. The summed E-state index contributed by atoms with van der Waals surface area (Å²) in [4.78, 5) is 40.2. The Morgan fingerprint density at radius 2 is 1.56 bits per heavy atom. The van der Waals surface area contributed by atoms with Gasteiger partial charge in [0, 0.05) is 10.4 Å². The number of thiophene rings is 1. The molecule has 4 rings (SSSR count). The fourth-order valence-corrected chi connectivity index (χ4v) is 6.02. The van der Waals surface area contributed by atoms with E-state index in [2.05, 4.69) is 17.6 Å². The maximum absolute atomic E-state index is 13.4. The third kappa shape index (κ3) is 8.10. The molecule has 9 heteroatoms. The lowest BCUT2D eigenvalue weighted by atomic mass is 9.88. The van der Waals surface area contributed by atoms with E-state index < -0.39 is 5.97 Å². The van der Waals surface area contributed by atoms with Gasteiger partial charge in [0.05, 0.1) is 30.9 Å². The molecule has 0 fully saturated rings. The van der Waals surface area contributed by atoms with E-state index in [9.17, 15) is 14.4 Å². The van der Waals surface area contributed by atoms with Crippen molar-refractivity contribution in [2.24, 2.45) is 5.92 Å². The highest BCUT2D eigenvalue weighted by molar-refractivity contribution is 7.17. The van der Waals surface area contributed by atoms with Gasteiger partial charge in [-0.2, -0.15) is 0 Å². The molecule has 3 aromatic rings. The maximum Gasteiger partial charge on any atom is 0.338 e. The van der Waals surface area contributed by atoms with Crippen molar-refractivity contribution in [2.75, 3.05) is 31.7 Å². The number of fused-ring (bicyclic) bond motifs is 1. The van der Waals surface area contributed by atoms with E-state index in [1.165, 1.54) is 11.3 Å². The number of hydrogen-bond acceptors (Lipinski definition) is 7. The first kappa shape index (κ1) is 30.1. The summed E-state index contributed by atoms with van der Waals surface area (Å²) in [6.07, 6.45) is 4.36. The minimum atomic E-state index is -0.485.